The van der Waals surface area contributed by atoms with Crippen LogP contribution in [0.1, 0.15) is 36.4 Å². The van der Waals surface area contributed by atoms with Crippen LogP contribution in [-0.2, 0) is 27.8 Å². The minimum absolute atomic E-state index is 0.0103. The number of nitrogens with zero attached hydrogens (tertiary/aromatic N) is 3. The highest BCUT2D eigenvalue weighted by molar-refractivity contribution is 7.92. The molecule has 0 bridgehead atoms. The summed E-state index contributed by atoms with van der Waals surface area (Å²) in [6, 6.07) is 23.4. The first-order valence-electron chi connectivity index (χ1n) is 15.4. The third kappa shape index (κ3) is 7.60. The van der Waals surface area contributed by atoms with Gasteiger partial charge in [-0.1, -0.05) is 66.7 Å². The summed E-state index contributed by atoms with van der Waals surface area (Å²) < 4.78 is 40.7. The molecule has 1 aliphatic heterocycles. The Balaban J connectivity index is 1.38. The number of fused-ring (bicyclic) bond motifs is 1. The molecule has 1 amide bonds. The van der Waals surface area contributed by atoms with Crippen LogP contribution in [0.15, 0.2) is 82.2 Å². The number of nitrogens with one attached hydrogen (secondary N) is 1. The lowest BCUT2D eigenvalue weighted by molar-refractivity contribution is -0.134. The van der Waals surface area contributed by atoms with E-state index in [0.717, 1.165) is 5.56 Å². The molecule has 0 unspecified atom stereocenters. The number of sulfonamides is 1. The van der Waals surface area contributed by atoms with E-state index in [-0.39, 0.29) is 59.0 Å². The predicted molar refractivity (Wildman–Crippen MR) is 177 cm³/mol. The number of benzene rings is 3. The van der Waals surface area contributed by atoms with Gasteiger partial charge in [0.1, 0.15) is 17.5 Å². The maximum Gasteiger partial charge on any atom is 0.267 e. The highest BCUT2D eigenvalue weighted by Crippen LogP contribution is 2.31. The Bertz CT molecular complexity index is 1740. The van der Waals surface area contributed by atoms with Gasteiger partial charge in [-0.3, -0.25) is 14.4 Å². The van der Waals surface area contributed by atoms with Gasteiger partial charge in [-0.15, -0.1) is 0 Å². The third-order valence-electron chi connectivity index (χ3n) is 8.41. The second kappa shape index (κ2) is 14.1. The van der Waals surface area contributed by atoms with Crippen LogP contribution >= 0.6 is 0 Å². The number of ether oxygens (including phenoxy) is 1. The van der Waals surface area contributed by atoms with Gasteiger partial charge in [0, 0.05) is 36.8 Å². The minimum atomic E-state index is -3.99. The SMILES string of the molecule is Cc1noc(C)c1S(=O)(=O)Nc1ccc2c(c1)CC(=O)N([C@H](C)CO)C[C@@H](C)[C@@H](CN(C)Cc1ccc(-c3ccccc3)cc1)O2. The van der Waals surface area contributed by atoms with Crippen molar-refractivity contribution in [3.63, 3.8) is 0 Å². The highest BCUT2D eigenvalue weighted by Gasteiger charge is 2.32. The lowest BCUT2D eigenvalue weighted by Crippen LogP contribution is -2.47. The Hall–Kier alpha value is -4.19. The second-order valence-corrected chi connectivity index (χ2v) is 13.8. The summed E-state index contributed by atoms with van der Waals surface area (Å²) in [6.07, 6.45) is -0.305. The average Bonchev–Trinajstić information content (AvgIpc) is 3.40. The molecule has 11 heteroatoms. The van der Waals surface area contributed by atoms with Crippen molar-refractivity contribution in [1.82, 2.24) is 15.0 Å². The molecule has 0 aliphatic carbocycles. The molecule has 2 N–H and O–H groups in total. The topological polar surface area (TPSA) is 125 Å². The van der Waals surface area contributed by atoms with Crippen molar-refractivity contribution >= 4 is 21.6 Å². The fraction of sp³-hybridized carbons (Fsp3) is 0.371. The van der Waals surface area contributed by atoms with Crippen LogP contribution in [0.2, 0.25) is 0 Å². The van der Waals surface area contributed by atoms with Gasteiger partial charge in [-0.05, 0) is 62.7 Å². The van der Waals surface area contributed by atoms with Crippen molar-refractivity contribution in [2.75, 3.05) is 31.5 Å². The molecule has 5 rings (SSSR count). The Labute approximate surface area is 271 Å². The van der Waals surface area contributed by atoms with E-state index in [9.17, 15) is 18.3 Å². The average molecular weight is 647 g/mol. The summed E-state index contributed by atoms with van der Waals surface area (Å²) in [7, 11) is -1.95. The zero-order chi connectivity index (χ0) is 33.0. The molecule has 46 heavy (non-hydrogen) atoms. The molecule has 0 saturated carbocycles. The van der Waals surface area contributed by atoms with E-state index in [1.54, 1.807) is 36.9 Å². The van der Waals surface area contributed by atoms with Crippen molar-refractivity contribution in [2.24, 2.45) is 5.92 Å². The molecule has 3 atom stereocenters. The van der Waals surface area contributed by atoms with Crippen LogP contribution in [0.3, 0.4) is 0 Å². The summed E-state index contributed by atoms with van der Waals surface area (Å²) in [4.78, 5) is 17.5. The summed E-state index contributed by atoms with van der Waals surface area (Å²) >= 11 is 0. The number of aromatic nitrogens is 1. The quantitative estimate of drug-likeness (QED) is 0.246. The molecule has 10 nitrogen and oxygen atoms in total. The van der Waals surface area contributed by atoms with Gasteiger partial charge in [-0.2, -0.15) is 0 Å². The number of carbonyl (C=O) groups excluding carboxylic acids is 1. The fourth-order valence-corrected chi connectivity index (χ4v) is 7.27. The number of aryl methyl sites for hydroxylation is 2. The van der Waals surface area contributed by atoms with Crippen LogP contribution in [0.4, 0.5) is 5.69 Å². The van der Waals surface area contributed by atoms with Crippen molar-refractivity contribution < 1.29 is 27.6 Å². The first-order chi connectivity index (χ1) is 21.9. The second-order valence-electron chi connectivity index (χ2n) is 12.2. The number of aliphatic hydroxyl groups excluding tert-OH is 1. The van der Waals surface area contributed by atoms with Crippen molar-refractivity contribution in [3.8, 4) is 16.9 Å². The molecule has 4 aromatic rings. The van der Waals surface area contributed by atoms with E-state index < -0.39 is 10.0 Å². The van der Waals surface area contributed by atoms with E-state index in [1.807, 2.05) is 32.2 Å². The molecule has 1 aliphatic rings. The highest BCUT2D eigenvalue weighted by atomic mass is 32.2. The van der Waals surface area contributed by atoms with Crippen LogP contribution in [-0.4, -0.2) is 73.3 Å². The number of rotatable bonds is 10. The lowest BCUT2D eigenvalue weighted by atomic mass is 10.0. The molecule has 2 heterocycles. The summed E-state index contributed by atoms with van der Waals surface area (Å²) in [6.45, 7) is 8.49. The fourth-order valence-electron chi connectivity index (χ4n) is 5.89. The smallest absolute Gasteiger partial charge is 0.267 e. The van der Waals surface area contributed by atoms with E-state index in [1.165, 1.54) is 11.1 Å². The number of hydrogen-bond acceptors (Lipinski definition) is 8. The third-order valence-corrected chi connectivity index (χ3v) is 10.0. The molecule has 0 fully saturated rings. The number of hydrogen-bond donors (Lipinski definition) is 2. The number of carbonyl (C=O) groups is 1. The number of amides is 1. The zero-order valence-corrected chi connectivity index (χ0v) is 27.8. The standard InChI is InChI=1S/C35H42N4O6S/c1-23-19-39(24(2)22-40)34(41)18-30-17-31(37-46(42,43)35-25(3)36-45-26(35)4)15-16-32(30)44-33(23)21-38(5)20-27-11-13-29(14-12-27)28-9-7-6-8-10-28/h6-17,23-24,33,37,40H,18-22H2,1-5H3/t23-,24-,33-/m1/s1. The van der Waals surface area contributed by atoms with Crippen LogP contribution in [0.5, 0.6) is 5.75 Å². The summed E-state index contributed by atoms with van der Waals surface area (Å²) in [5, 5.41) is 13.7. The van der Waals surface area contributed by atoms with Crippen LogP contribution in [0.25, 0.3) is 11.1 Å². The van der Waals surface area contributed by atoms with Crippen molar-refractivity contribution in [2.45, 2.75) is 57.7 Å². The Morgan fingerprint density at radius 3 is 2.41 bits per heavy atom. The van der Waals surface area contributed by atoms with Gasteiger partial charge in [-0.25, -0.2) is 8.42 Å². The van der Waals surface area contributed by atoms with Gasteiger partial charge >= 0.3 is 0 Å². The van der Waals surface area contributed by atoms with Crippen LogP contribution in [0, 0.1) is 19.8 Å². The monoisotopic (exact) mass is 646 g/mol. The van der Waals surface area contributed by atoms with E-state index in [0.29, 0.717) is 30.9 Å². The molecule has 244 valence electrons. The number of likely N-dealkylation sites (N-methyl/N-ethyl adjacent to an activating group) is 1. The molecular weight excluding hydrogens is 604 g/mol. The predicted octanol–water partition coefficient (Wildman–Crippen LogP) is 5.04. The van der Waals surface area contributed by atoms with Gasteiger partial charge in [0.05, 0.1) is 19.1 Å². The lowest BCUT2D eigenvalue weighted by Gasteiger charge is -2.34. The van der Waals surface area contributed by atoms with E-state index >= 15 is 0 Å². The largest absolute Gasteiger partial charge is 0.488 e. The Kier molecular flexibility index (Phi) is 10.1. The van der Waals surface area contributed by atoms with Gasteiger partial charge in [0.15, 0.2) is 10.7 Å². The normalized spacial score (nSPS) is 17.9. The van der Waals surface area contributed by atoms with Crippen LogP contribution < -0.4 is 9.46 Å². The molecule has 0 saturated heterocycles. The van der Waals surface area contributed by atoms with Crippen molar-refractivity contribution in [3.05, 3.63) is 95.4 Å². The maximum absolute atomic E-state index is 13.6. The number of anilines is 1. The minimum Gasteiger partial charge on any atom is -0.488 e. The molecule has 0 radical (unpaired) electrons. The number of aliphatic hydroxyl groups is 1. The molecule has 0 spiro atoms. The molecule has 1 aromatic heterocycles. The molecular formula is C35H42N4O6S. The first-order valence-corrected chi connectivity index (χ1v) is 16.9. The van der Waals surface area contributed by atoms with E-state index in [2.05, 4.69) is 58.1 Å². The van der Waals surface area contributed by atoms with Gasteiger partial charge < -0.3 is 19.3 Å². The van der Waals surface area contributed by atoms with Gasteiger partial charge in [0.2, 0.25) is 5.91 Å². The Morgan fingerprint density at radius 2 is 1.76 bits per heavy atom. The van der Waals surface area contributed by atoms with E-state index in [4.69, 9.17) is 9.26 Å². The summed E-state index contributed by atoms with van der Waals surface area (Å²) in [5.74, 6) is 0.471. The first kappa shape index (κ1) is 33.2. The van der Waals surface area contributed by atoms with Crippen molar-refractivity contribution in [1.29, 1.82) is 0 Å². The Morgan fingerprint density at radius 1 is 1.07 bits per heavy atom. The molecule has 3 aromatic carbocycles. The van der Waals surface area contributed by atoms with Gasteiger partial charge in [0.25, 0.3) is 10.0 Å². The summed E-state index contributed by atoms with van der Waals surface area (Å²) in [5.41, 5.74) is 4.60. The maximum atomic E-state index is 13.6. The zero-order valence-electron chi connectivity index (χ0n) is 26.9.